The Bertz CT molecular complexity index is 1120. The van der Waals surface area contributed by atoms with Gasteiger partial charge >= 0.3 is 0 Å². The number of hydrogen-bond acceptors (Lipinski definition) is 6. The highest BCUT2D eigenvalue weighted by atomic mass is 32.2. The molecule has 0 bridgehead atoms. The Hall–Kier alpha value is -3.07. The average molecular weight is 400 g/mol. The largest absolute Gasteiger partial charge is 0.454 e. The number of rotatable bonds is 4. The van der Waals surface area contributed by atoms with E-state index in [1.807, 2.05) is 6.07 Å². The minimum Gasteiger partial charge on any atom is -0.454 e. The lowest BCUT2D eigenvalue weighted by Gasteiger charge is -2.13. The molecule has 144 valence electrons. The van der Waals surface area contributed by atoms with Crippen LogP contribution in [0.3, 0.4) is 0 Å². The fourth-order valence-electron chi connectivity index (χ4n) is 3.39. The second-order valence-corrected chi connectivity index (χ2v) is 8.70. The first-order valence-electron chi connectivity index (χ1n) is 8.85. The minimum atomic E-state index is -3.89. The second-order valence-electron chi connectivity index (χ2n) is 6.92. The van der Waals surface area contributed by atoms with E-state index >= 15 is 0 Å². The average Bonchev–Trinajstić information content (AvgIpc) is 3.35. The summed E-state index contributed by atoms with van der Waals surface area (Å²) in [5.74, 6) is 0.343. The summed E-state index contributed by atoms with van der Waals surface area (Å²) >= 11 is 0. The summed E-state index contributed by atoms with van der Waals surface area (Å²) in [5.41, 5.74) is 1.13. The van der Waals surface area contributed by atoms with Crippen LogP contribution >= 0.6 is 0 Å². The zero-order valence-electron chi connectivity index (χ0n) is 14.7. The maximum atomic E-state index is 12.7. The van der Waals surface area contributed by atoms with Crippen LogP contribution in [0.15, 0.2) is 41.3 Å². The summed E-state index contributed by atoms with van der Waals surface area (Å²) in [6, 6.07) is 9.26. The third-order valence-electron chi connectivity index (χ3n) is 4.98. The molecule has 0 spiro atoms. The molecule has 8 nitrogen and oxygen atoms in total. The predicted molar refractivity (Wildman–Crippen MR) is 96.6 cm³/mol. The summed E-state index contributed by atoms with van der Waals surface area (Å²) in [4.78, 5) is 24.8. The van der Waals surface area contributed by atoms with Gasteiger partial charge in [-0.2, -0.15) is 0 Å². The lowest BCUT2D eigenvalue weighted by atomic mass is 10.1. The summed E-state index contributed by atoms with van der Waals surface area (Å²) in [7, 11) is -3.89. The molecule has 1 aliphatic carbocycles. The molecule has 2 aromatic carbocycles. The topological polar surface area (TPSA) is 102 Å². The van der Waals surface area contributed by atoms with Gasteiger partial charge < -0.3 is 14.8 Å². The number of nitrogens with one attached hydrogen (secondary N) is 1. The van der Waals surface area contributed by atoms with E-state index in [1.54, 1.807) is 12.1 Å². The van der Waals surface area contributed by atoms with Crippen molar-refractivity contribution in [3.63, 3.8) is 0 Å². The number of carbonyl (C=O) groups is 2. The molecule has 2 heterocycles. The van der Waals surface area contributed by atoms with E-state index in [2.05, 4.69) is 5.32 Å². The van der Waals surface area contributed by atoms with Crippen LogP contribution in [-0.4, -0.2) is 37.4 Å². The van der Waals surface area contributed by atoms with Crippen LogP contribution in [-0.2, 0) is 16.6 Å². The van der Waals surface area contributed by atoms with Crippen LogP contribution in [0.4, 0.5) is 0 Å². The van der Waals surface area contributed by atoms with Crippen molar-refractivity contribution in [3.8, 4) is 11.5 Å². The highest BCUT2D eigenvalue weighted by Crippen LogP contribution is 2.39. The monoisotopic (exact) mass is 400 g/mol. The predicted octanol–water partition coefficient (Wildman–Crippen LogP) is 1.65. The van der Waals surface area contributed by atoms with Crippen LogP contribution in [0.25, 0.3) is 0 Å². The Labute approximate surface area is 161 Å². The highest BCUT2D eigenvalue weighted by molar-refractivity contribution is 7.90. The summed E-state index contributed by atoms with van der Waals surface area (Å²) < 4.78 is 36.9. The van der Waals surface area contributed by atoms with Crippen molar-refractivity contribution in [1.29, 1.82) is 0 Å². The Morgan fingerprint density at radius 3 is 2.68 bits per heavy atom. The van der Waals surface area contributed by atoms with Gasteiger partial charge in [0.2, 0.25) is 6.79 Å². The van der Waals surface area contributed by atoms with E-state index < -0.39 is 21.8 Å². The van der Waals surface area contributed by atoms with Gasteiger partial charge in [0.1, 0.15) is 4.90 Å². The lowest BCUT2D eigenvalue weighted by Crippen LogP contribution is -2.32. The molecule has 0 atom stereocenters. The molecule has 2 amide bonds. The number of nitrogens with zero attached hydrogens (tertiary/aromatic N) is 1. The van der Waals surface area contributed by atoms with E-state index in [4.69, 9.17) is 9.47 Å². The zero-order chi connectivity index (χ0) is 19.5. The summed E-state index contributed by atoms with van der Waals surface area (Å²) in [5, 5.41) is 2.75. The lowest BCUT2D eigenvalue weighted by molar-refractivity contribution is 0.0863. The standard InChI is InChI=1S/C19H16N2O6S/c22-18(20-9-11-1-6-15-16(7-11)27-10-26-15)12-2-5-14-17(8-12)28(24,25)21(19(14)23)13-3-4-13/h1-2,5-8,13H,3-4,9-10H2,(H,20,22). The van der Waals surface area contributed by atoms with E-state index in [9.17, 15) is 18.0 Å². The van der Waals surface area contributed by atoms with Crippen molar-refractivity contribution in [3.05, 3.63) is 53.1 Å². The Morgan fingerprint density at radius 1 is 1.11 bits per heavy atom. The van der Waals surface area contributed by atoms with Gasteiger partial charge in [-0.25, -0.2) is 12.7 Å². The minimum absolute atomic E-state index is 0.0971. The fourth-order valence-corrected chi connectivity index (χ4v) is 5.23. The number of benzene rings is 2. The molecule has 28 heavy (non-hydrogen) atoms. The Kier molecular flexibility index (Phi) is 3.63. The fraction of sp³-hybridized carbons (Fsp3) is 0.263. The third-order valence-corrected chi connectivity index (χ3v) is 6.86. The van der Waals surface area contributed by atoms with Gasteiger partial charge in [-0.3, -0.25) is 9.59 Å². The van der Waals surface area contributed by atoms with Gasteiger partial charge in [0.15, 0.2) is 11.5 Å². The number of hydrogen-bond donors (Lipinski definition) is 1. The van der Waals surface area contributed by atoms with Gasteiger partial charge in [0.25, 0.3) is 21.8 Å². The number of fused-ring (bicyclic) bond motifs is 2. The van der Waals surface area contributed by atoms with Gasteiger partial charge in [-0.15, -0.1) is 0 Å². The molecule has 1 N–H and O–H groups in total. The van der Waals surface area contributed by atoms with Crippen LogP contribution in [0.1, 0.15) is 39.1 Å². The Morgan fingerprint density at radius 2 is 1.89 bits per heavy atom. The number of amides is 2. The molecule has 2 aliphatic heterocycles. The van der Waals surface area contributed by atoms with Gasteiger partial charge in [-0.1, -0.05) is 6.07 Å². The maximum Gasteiger partial charge on any atom is 0.269 e. The van der Waals surface area contributed by atoms with Gasteiger partial charge in [0.05, 0.1) is 5.56 Å². The molecular formula is C19H16N2O6S. The smallest absolute Gasteiger partial charge is 0.269 e. The van der Waals surface area contributed by atoms with Crippen molar-refractivity contribution < 1.29 is 27.5 Å². The van der Waals surface area contributed by atoms with Gasteiger partial charge in [0, 0.05) is 18.2 Å². The van der Waals surface area contributed by atoms with E-state index in [0.29, 0.717) is 24.3 Å². The maximum absolute atomic E-state index is 12.7. The van der Waals surface area contributed by atoms with Crippen molar-refractivity contribution in [2.24, 2.45) is 0 Å². The first kappa shape index (κ1) is 17.1. The first-order valence-corrected chi connectivity index (χ1v) is 10.3. The molecule has 9 heteroatoms. The van der Waals surface area contributed by atoms with Gasteiger partial charge in [-0.05, 0) is 48.7 Å². The molecular weight excluding hydrogens is 384 g/mol. The van der Waals surface area contributed by atoms with Crippen LogP contribution in [0, 0.1) is 0 Å². The third kappa shape index (κ3) is 2.62. The molecule has 1 fully saturated rings. The number of carbonyl (C=O) groups excluding carboxylic acids is 2. The molecule has 0 radical (unpaired) electrons. The highest BCUT2D eigenvalue weighted by Gasteiger charge is 2.48. The number of ether oxygens (including phenoxy) is 2. The van der Waals surface area contributed by atoms with E-state index in [-0.39, 0.29) is 35.4 Å². The Balaban J connectivity index is 1.36. The number of sulfonamides is 1. The summed E-state index contributed by atoms with van der Waals surface area (Å²) in [6.45, 7) is 0.414. The first-order chi connectivity index (χ1) is 13.4. The van der Waals surface area contributed by atoms with Crippen molar-refractivity contribution in [2.45, 2.75) is 30.3 Å². The SMILES string of the molecule is O=C(NCc1ccc2c(c1)OCO2)c1ccc2c(c1)S(=O)(=O)N(C1CC1)C2=O. The zero-order valence-corrected chi connectivity index (χ0v) is 15.5. The molecule has 0 aromatic heterocycles. The van der Waals surface area contributed by atoms with E-state index in [1.165, 1.54) is 18.2 Å². The molecule has 5 rings (SSSR count). The van der Waals surface area contributed by atoms with Crippen molar-refractivity contribution in [1.82, 2.24) is 9.62 Å². The van der Waals surface area contributed by atoms with Crippen LogP contribution < -0.4 is 14.8 Å². The van der Waals surface area contributed by atoms with E-state index in [0.717, 1.165) is 9.87 Å². The summed E-state index contributed by atoms with van der Waals surface area (Å²) in [6.07, 6.45) is 1.36. The molecule has 2 aromatic rings. The quantitative estimate of drug-likeness (QED) is 0.837. The molecule has 3 aliphatic rings. The van der Waals surface area contributed by atoms with Crippen LogP contribution in [0.5, 0.6) is 11.5 Å². The molecule has 0 unspecified atom stereocenters. The second kappa shape index (κ2) is 5.96. The van der Waals surface area contributed by atoms with Crippen molar-refractivity contribution >= 4 is 21.8 Å². The van der Waals surface area contributed by atoms with Crippen LogP contribution in [0.2, 0.25) is 0 Å². The molecule has 1 saturated carbocycles. The normalized spacial score (nSPS) is 18.9. The van der Waals surface area contributed by atoms with Crippen molar-refractivity contribution in [2.75, 3.05) is 6.79 Å². The molecule has 0 saturated heterocycles.